The molecule has 0 aliphatic heterocycles. The number of nitrogens with one attached hydrogen (secondary N) is 1. The SMILES string of the molecule is CCCNCc1c(C)nn(CCOC(C)(C)C)c1C. The quantitative estimate of drug-likeness (QED) is 0.772. The van der Waals surface area contributed by atoms with Gasteiger partial charge in [0.05, 0.1) is 24.4 Å². The normalized spacial score (nSPS) is 12.1. The summed E-state index contributed by atoms with van der Waals surface area (Å²) in [6, 6.07) is 0. The van der Waals surface area contributed by atoms with Gasteiger partial charge in [0, 0.05) is 17.8 Å². The van der Waals surface area contributed by atoms with E-state index in [1.807, 2.05) is 0 Å². The third-order valence-electron chi connectivity index (χ3n) is 3.10. The van der Waals surface area contributed by atoms with Crippen molar-refractivity contribution in [2.24, 2.45) is 0 Å². The largest absolute Gasteiger partial charge is 0.374 e. The van der Waals surface area contributed by atoms with E-state index in [1.165, 1.54) is 11.3 Å². The number of hydrogen-bond acceptors (Lipinski definition) is 3. The number of hydrogen-bond donors (Lipinski definition) is 1. The Balaban J connectivity index is 2.58. The van der Waals surface area contributed by atoms with Crippen LogP contribution in [0.15, 0.2) is 0 Å². The van der Waals surface area contributed by atoms with Crippen LogP contribution in [0.5, 0.6) is 0 Å². The zero-order valence-corrected chi connectivity index (χ0v) is 13.3. The molecule has 0 aliphatic carbocycles. The average molecular weight is 267 g/mol. The van der Waals surface area contributed by atoms with E-state index in [4.69, 9.17) is 4.74 Å². The molecule has 4 nitrogen and oxygen atoms in total. The second kappa shape index (κ2) is 7.06. The molecule has 0 saturated heterocycles. The molecule has 0 spiro atoms. The van der Waals surface area contributed by atoms with E-state index in [0.717, 1.165) is 31.7 Å². The molecule has 0 radical (unpaired) electrons. The molecule has 1 heterocycles. The molecule has 1 aromatic heterocycles. The van der Waals surface area contributed by atoms with Crippen molar-refractivity contribution in [1.29, 1.82) is 0 Å². The van der Waals surface area contributed by atoms with Crippen LogP contribution in [0.4, 0.5) is 0 Å². The fraction of sp³-hybridized carbons (Fsp3) is 0.800. The van der Waals surface area contributed by atoms with E-state index < -0.39 is 0 Å². The summed E-state index contributed by atoms with van der Waals surface area (Å²) in [6.45, 7) is 16.1. The van der Waals surface area contributed by atoms with Gasteiger partial charge in [-0.25, -0.2) is 0 Å². The van der Waals surface area contributed by atoms with Crippen molar-refractivity contribution in [2.75, 3.05) is 13.2 Å². The minimum atomic E-state index is -0.0817. The Hall–Kier alpha value is -0.870. The summed E-state index contributed by atoms with van der Waals surface area (Å²) < 4.78 is 7.82. The third-order valence-corrected chi connectivity index (χ3v) is 3.10. The molecule has 19 heavy (non-hydrogen) atoms. The maximum atomic E-state index is 5.76. The number of nitrogens with zero attached hydrogens (tertiary/aromatic N) is 2. The molecule has 4 heteroatoms. The van der Waals surface area contributed by atoms with Crippen LogP contribution >= 0.6 is 0 Å². The van der Waals surface area contributed by atoms with Crippen LogP contribution in [0.2, 0.25) is 0 Å². The standard InChI is InChI=1S/C15H29N3O/c1-7-8-16-11-14-12(2)17-18(13(14)3)9-10-19-15(4,5)6/h16H,7-11H2,1-6H3. The Morgan fingerprint density at radius 2 is 1.95 bits per heavy atom. The summed E-state index contributed by atoms with van der Waals surface area (Å²) in [5.74, 6) is 0. The summed E-state index contributed by atoms with van der Waals surface area (Å²) in [4.78, 5) is 0. The van der Waals surface area contributed by atoms with Gasteiger partial charge in [0.1, 0.15) is 0 Å². The molecular weight excluding hydrogens is 238 g/mol. The van der Waals surface area contributed by atoms with E-state index in [-0.39, 0.29) is 5.60 Å². The average Bonchev–Trinajstić information content (AvgIpc) is 2.55. The highest BCUT2D eigenvalue weighted by atomic mass is 16.5. The first-order valence-electron chi connectivity index (χ1n) is 7.22. The predicted octanol–water partition coefficient (Wildman–Crippen LogP) is 2.81. The van der Waals surface area contributed by atoms with Crippen molar-refractivity contribution in [2.45, 2.75) is 66.7 Å². The molecule has 1 aromatic rings. The lowest BCUT2D eigenvalue weighted by Crippen LogP contribution is -2.22. The van der Waals surface area contributed by atoms with E-state index in [2.05, 4.69) is 56.6 Å². The topological polar surface area (TPSA) is 39.1 Å². The third kappa shape index (κ3) is 5.33. The fourth-order valence-electron chi connectivity index (χ4n) is 2.04. The molecule has 0 aliphatic rings. The lowest BCUT2D eigenvalue weighted by Gasteiger charge is -2.19. The fourth-order valence-corrected chi connectivity index (χ4v) is 2.04. The Morgan fingerprint density at radius 1 is 1.26 bits per heavy atom. The van der Waals surface area contributed by atoms with Crippen LogP contribution in [-0.4, -0.2) is 28.5 Å². The molecule has 0 aromatic carbocycles. The van der Waals surface area contributed by atoms with Crippen LogP contribution < -0.4 is 5.32 Å². The van der Waals surface area contributed by atoms with Crippen LogP contribution in [0.25, 0.3) is 0 Å². The second-order valence-electron chi connectivity index (χ2n) is 6.01. The first-order chi connectivity index (χ1) is 8.85. The van der Waals surface area contributed by atoms with Gasteiger partial charge in [-0.1, -0.05) is 6.92 Å². The number of rotatable bonds is 7. The van der Waals surface area contributed by atoms with Crippen molar-refractivity contribution in [3.63, 3.8) is 0 Å². The molecule has 0 amide bonds. The lowest BCUT2D eigenvalue weighted by molar-refractivity contribution is -0.00810. The molecule has 0 bridgehead atoms. The van der Waals surface area contributed by atoms with Gasteiger partial charge in [-0.05, 0) is 47.6 Å². The van der Waals surface area contributed by atoms with Crippen LogP contribution in [-0.2, 0) is 17.8 Å². The summed E-state index contributed by atoms with van der Waals surface area (Å²) in [5, 5.41) is 8.05. The highest BCUT2D eigenvalue weighted by Gasteiger charge is 2.13. The van der Waals surface area contributed by atoms with E-state index in [1.54, 1.807) is 0 Å². The molecule has 0 fully saturated rings. The lowest BCUT2D eigenvalue weighted by atomic mass is 10.2. The van der Waals surface area contributed by atoms with Crippen molar-refractivity contribution in [3.05, 3.63) is 17.0 Å². The van der Waals surface area contributed by atoms with E-state index in [0.29, 0.717) is 6.61 Å². The Bertz CT molecular complexity index is 391. The molecule has 0 atom stereocenters. The molecule has 1 N–H and O–H groups in total. The maximum absolute atomic E-state index is 5.76. The highest BCUT2D eigenvalue weighted by molar-refractivity contribution is 5.24. The van der Waals surface area contributed by atoms with Crippen LogP contribution in [0, 0.1) is 13.8 Å². The van der Waals surface area contributed by atoms with Crippen molar-refractivity contribution >= 4 is 0 Å². The first-order valence-corrected chi connectivity index (χ1v) is 7.22. The summed E-state index contributed by atoms with van der Waals surface area (Å²) in [6.07, 6.45) is 1.16. The Kier molecular flexibility index (Phi) is 6.01. The van der Waals surface area contributed by atoms with Gasteiger partial charge >= 0.3 is 0 Å². The molecule has 0 saturated carbocycles. The van der Waals surface area contributed by atoms with Gasteiger partial charge in [0.2, 0.25) is 0 Å². The summed E-state index contributed by atoms with van der Waals surface area (Å²) in [5.41, 5.74) is 3.61. The van der Waals surface area contributed by atoms with Gasteiger partial charge in [-0.15, -0.1) is 0 Å². The molecule has 1 rings (SSSR count). The van der Waals surface area contributed by atoms with Gasteiger partial charge in [-0.2, -0.15) is 5.10 Å². The van der Waals surface area contributed by atoms with Crippen molar-refractivity contribution in [1.82, 2.24) is 15.1 Å². The van der Waals surface area contributed by atoms with Crippen molar-refractivity contribution in [3.8, 4) is 0 Å². The summed E-state index contributed by atoms with van der Waals surface area (Å²) >= 11 is 0. The van der Waals surface area contributed by atoms with E-state index in [9.17, 15) is 0 Å². The predicted molar refractivity (Wildman–Crippen MR) is 79.4 cm³/mol. The summed E-state index contributed by atoms with van der Waals surface area (Å²) in [7, 11) is 0. The van der Waals surface area contributed by atoms with Gasteiger partial charge in [0.15, 0.2) is 0 Å². The monoisotopic (exact) mass is 267 g/mol. The second-order valence-corrected chi connectivity index (χ2v) is 6.01. The highest BCUT2D eigenvalue weighted by Crippen LogP contribution is 2.13. The number of aryl methyl sites for hydroxylation is 1. The Labute approximate surface area is 117 Å². The first kappa shape index (κ1) is 16.2. The van der Waals surface area contributed by atoms with E-state index >= 15 is 0 Å². The van der Waals surface area contributed by atoms with Gasteiger partial charge in [0.25, 0.3) is 0 Å². The minimum Gasteiger partial charge on any atom is -0.374 e. The molecular formula is C15H29N3O. The number of ether oxygens (including phenoxy) is 1. The zero-order valence-electron chi connectivity index (χ0n) is 13.3. The van der Waals surface area contributed by atoms with Crippen LogP contribution in [0.3, 0.4) is 0 Å². The maximum Gasteiger partial charge on any atom is 0.0669 e. The van der Waals surface area contributed by atoms with Crippen molar-refractivity contribution < 1.29 is 4.74 Å². The molecule has 110 valence electrons. The van der Waals surface area contributed by atoms with Gasteiger partial charge in [-0.3, -0.25) is 4.68 Å². The minimum absolute atomic E-state index is 0.0817. The van der Waals surface area contributed by atoms with Gasteiger partial charge < -0.3 is 10.1 Å². The molecule has 0 unspecified atom stereocenters. The number of aromatic nitrogens is 2. The zero-order chi connectivity index (χ0) is 14.5. The van der Waals surface area contributed by atoms with Crippen LogP contribution in [0.1, 0.15) is 51.1 Å². The Morgan fingerprint density at radius 3 is 2.53 bits per heavy atom. The smallest absolute Gasteiger partial charge is 0.0669 e.